The van der Waals surface area contributed by atoms with Crippen LogP contribution in [0.25, 0.3) is 0 Å². The summed E-state index contributed by atoms with van der Waals surface area (Å²) in [5, 5.41) is 9.23. The van der Waals surface area contributed by atoms with Crippen LogP contribution in [0, 0.1) is 11.8 Å². The molecule has 1 aromatic rings. The fourth-order valence-corrected chi connectivity index (χ4v) is 4.18. The maximum absolute atomic E-state index is 12.8. The average Bonchev–Trinajstić information content (AvgIpc) is 2.73. The van der Waals surface area contributed by atoms with E-state index in [4.69, 9.17) is 0 Å². The summed E-state index contributed by atoms with van der Waals surface area (Å²) in [5.41, 5.74) is 1.08. The van der Waals surface area contributed by atoms with Gasteiger partial charge in [-0.15, -0.1) is 0 Å². The molecule has 28 heavy (non-hydrogen) atoms. The van der Waals surface area contributed by atoms with Crippen molar-refractivity contribution < 1.29 is 19.5 Å². The molecule has 3 amide bonds. The van der Waals surface area contributed by atoms with Gasteiger partial charge in [0.2, 0.25) is 5.91 Å². The molecule has 0 spiro atoms. The minimum Gasteiger partial charge on any atom is -0.481 e. The maximum Gasteiger partial charge on any atom is 0.320 e. The highest BCUT2D eigenvalue weighted by Crippen LogP contribution is 2.30. The highest BCUT2D eigenvalue weighted by molar-refractivity contribution is 5.81. The lowest BCUT2D eigenvalue weighted by Gasteiger charge is -2.39. The normalized spacial score (nSPS) is 22.6. The van der Waals surface area contributed by atoms with Crippen molar-refractivity contribution >= 4 is 17.9 Å². The molecule has 1 aromatic carbocycles. The molecule has 3 rings (SSSR count). The van der Waals surface area contributed by atoms with Gasteiger partial charge >= 0.3 is 12.0 Å². The Balaban J connectivity index is 1.49. The van der Waals surface area contributed by atoms with Crippen LogP contribution in [0.2, 0.25) is 0 Å². The SMILES string of the molecule is CN(Cc1ccccc1)C(=O)N1CCN(C(=O)C2CCCC(C(=O)O)C2)CC1. The Kier molecular flexibility index (Phi) is 6.54. The van der Waals surface area contributed by atoms with Crippen molar-refractivity contribution in [3.05, 3.63) is 35.9 Å². The molecule has 0 aromatic heterocycles. The first-order valence-corrected chi connectivity index (χ1v) is 10.0. The summed E-state index contributed by atoms with van der Waals surface area (Å²) in [6.07, 6.45) is 2.65. The molecule has 1 aliphatic carbocycles. The molecule has 1 N–H and O–H groups in total. The molecule has 1 aliphatic heterocycles. The Morgan fingerprint density at radius 3 is 2.25 bits per heavy atom. The first-order chi connectivity index (χ1) is 13.5. The molecule has 0 bridgehead atoms. The van der Waals surface area contributed by atoms with Crippen LogP contribution < -0.4 is 0 Å². The number of carbonyl (C=O) groups is 3. The highest BCUT2D eigenvalue weighted by atomic mass is 16.4. The Morgan fingerprint density at radius 1 is 1.00 bits per heavy atom. The molecular formula is C21H29N3O4. The first-order valence-electron chi connectivity index (χ1n) is 10.0. The van der Waals surface area contributed by atoms with Crippen molar-refractivity contribution in [3.63, 3.8) is 0 Å². The zero-order chi connectivity index (χ0) is 20.1. The number of carboxylic acid groups (broad SMARTS) is 1. The predicted molar refractivity (Wildman–Crippen MR) is 105 cm³/mol. The van der Waals surface area contributed by atoms with Crippen molar-refractivity contribution in [2.75, 3.05) is 33.2 Å². The Bertz CT molecular complexity index is 701. The molecule has 1 saturated heterocycles. The van der Waals surface area contributed by atoms with Crippen molar-refractivity contribution in [2.24, 2.45) is 11.8 Å². The maximum atomic E-state index is 12.8. The van der Waals surface area contributed by atoms with Gasteiger partial charge in [-0.25, -0.2) is 4.79 Å². The van der Waals surface area contributed by atoms with E-state index in [-0.39, 0.29) is 17.9 Å². The van der Waals surface area contributed by atoms with Crippen molar-refractivity contribution in [3.8, 4) is 0 Å². The molecule has 1 heterocycles. The van der Waals surface area contributed by atoms with E-state index in [2.05, 4.69) is 0 Å². The molecule has 2 atom stereocenters. The number of carboxylic acids is 1. The monoisotopic (exact) mass is 387 g/mol. The smallest absolute Gasteiger partial charge is 0.320 e. The molecule has 152 valence electrons. The van der Waals surface area contributed by atoms with Crippen molar-refractivity contribution in [2.45, 2.75) is 32.2 Å². The Hall–Kier alpha value is -2.57. The summed E-state index contributed by atoms with van der Waals surface area (Å²) in [7, 11) is 1.79. The number of hydrogen-bond donors (Lipinski definition) is 1. The summed E-state index contributed by atoms with van der Waals surface area (Å²) in [4.78, 5) is 42.0. The highest BCUT2D eigenvalue weighted by Gasteiger charge is 2.35. The van der Waals surface area contributed by atoms with Crippen molar-refractivity contribution in [1.29, 1.82) is 0 Å². The van der Waals surface area contributed by atoms with E-state index in [0.717, 1.165) is 18.4 Å². The van der Waals surface area contributed by atoms with Crippen LogP contribution in [0.4, 0.5) is 4.79 Å². The summed E-state index contributed by atoms with van der Waals surface area (Å²) in [6.45, 7) is 2.60. The number of benzene rings is 1. The van der Waals surface area contributed by atoms with Crippen LogP contribution >= 0.6 is 0 Å². The fraction of sp³-hybridized carbons (Fsp3) is 0.571. The summed E-state index contributed by atoms with van der Waals surface area (Å²) < 4.78 is 0. The van der Waals surface area contributed by atoms with Gasteiger partial charge < -0.3 is 19.8 Å². The van der Waals surface area contributed by atoms with E-state index in [1.165, 1.54) is 0 Å². The molecule has 2 fully saturated rings. The minimum absolute atomic E-state index is 0.0282. The second-order valence-corrected chi connectivity index (χ2v) is 7.84. The lowest BCUT2D eigenvalue weighted by molar-refractivity contribution is -0.146. The third-order valence-corrected chi connectivity index (χ3v) is 5.82. The van der Waals surface area contributed by atoms with Gasteiger partial charge in [-0.2, -0.15) is 0 Å². The average molecular weight is 387 g/mol. The second kappa shape index (κ2) is 9.08. The number of aliphatic carboxylic acids is 1. The number of piperazine rings is 1. The Labute approximate surface area is 165 Å². The standard InChI is InChI=1S/C21H29N3O4/c1-22(15-16-6-3-2-4-7-16)21(28)24-12-10-23(11-13-24)19(25)17-8-5-9-18(14-17)20(26)27/h2-4,6-7,17-18H,5,8-15H2,1H3,(H,26,27). The van der Waals surface area contributed by atoms with Crippen LogP contribution in [-0.4, -0.2) is 70.9 Å². The van der Waals surface area contributed by atoms with Gasteiger partial charge in [0, 0.05) is 45.7 Å². The van der Waals surface area contributed by atoms with E-state index in [1.807, 2.05) is 30.3 Å². The predicted octanol–water partition coefficient (Wildman–Crippen LogP) is 2.27. The quantitative estimate of drug-likeness (QED) is 0.859. The van der Waals surface area contributed by atoms with Crippen LogP contribution in [0.15, 0.2) is 30.3 Å². The number of urea groups is 1. The van der Waals surface area contributed by atoms with Crippen LogP contribution in [0.5, 0.6) is 0 Å². The van der Waals surface area contributed by atoms with Gasteiger partial charge in [0.15, 0.2) is 0 Å². The second-order valence-electron chi connectivity index (χ2n) is 7.84. The third kappa shape index (κ3) is 4.82. The number of amides is 3. The number of nitrogens with zero attached hydrogens (tertiary/aromatic N) is 3. The molecule has 0 radical (unpaired) electrons. The topological polar surface area (TPSA) is 81.2 Å². The van der Waals surface area contributed by atoms with Gasteiger partial charge in [0.1, 0.15) is 0 Å². The van der Waals surface area contributed by atoms with Crippen LogP contribution in [0.1, 0.15) is 31.2 Å². The van der Waals surface area contributed by atoms with Crippen LogP contribution in [-0.2, 0) is 16.1 Å². The largest absolute Gasteiger partial charge is 0.481 e. The van der Waals surface area contributed by atoms with Crippen LogP contribution in [0.3, 0.4) is 0 Å². The van der Waals surface area contributed by atoms with Gasteiger partial charge in [0.05, 0.1) is 5.92 Å². The minimum atomic E-state index is -0.797. The molecule has 2 unspecified atom stereocenters. The number of hydrogen-bond acceptors (Lipinski definition) is 3. The van der Waals surface area contributed by atoms with Gasteiger partial charge in [-0.05, 0) is 24.8 Å². The third-order valence-electron chi connectivity index (χ3n) is 5.82. The molecule has 2 aliphatic rings. The lowest BCUT2D eigenvalue weighted by atomic mass is 9.80. The van der Waals surface area contributed by atoms with E-state index >= 15 is 0 Å². The van der Waals surface area contributed by atoms with Gasteiger partial charge in [0.25, 0.3) is 0 Å². The summed E-state index contributed by atoms with van der Waals surface area (Å²) >= 11 is 0. The Morgan fingerprint density at radius 2 is 1.61 bits per heavy atom. The number of rotatable bonds is 4. The summed E-state index contributed by atoms with van der Waals surface area (Å²) in [6, 6.07) is 9.83. The lowest BCUT2D eigenvalue weighted by Crippen LogP contribution is -2.54. The van der Waals surface area contributed by atoms with Crippen molar-refractivity contribution in [1.82, 2.24) is 14.7 Å². The zero-order valence-electron chi connectivity index (χ0n) is 16.4. The molecule has 7 nitrogen and oxygen atoms in total. The summed E-state index contributed by atoms with van der Waals surface area (Å²) in [5.74, 6) is -1.35. The number of carbonyl (C=O) groups excluding carboxylic acids is 2. The first kappa shape index (κ1) is 20.2. The zero-order valence-corrected chi connectivity index (χ0v) is 16.4. The van der Waals surface area contributed by atoms with E-state index in [9.17, 15) is 19.5 Å². The van der Waals surface area contributed by atoms with E-state index in [0.29, 0.717) is 45.6 Å². The fourth-order valence-electron chi connectivity index (χ4n) is 4.18. The van der Waals surface area contributed by atoms with Gasteiger partial charge in [-0.1, -0.05) is 36.8 Å². The van der Waals surface area contributed by atoms with E-state index < -0.39 is 11.9 Å². The van der Waals surface area contributed by atoms with E-state index in [1.54, 1.807) is 21.7 Å². The molecular weight excluding hydrogens is 358 g/mol. The molecule has 7 heteroatoms. The molecule has 1 saturated carbocycles. The van der Waals surface area contributed by atoms with Gasteiger partial charge in [-0.3, -0.25) is 9.59 Å².